The van der Waals surface area contributed by atoms with Crippen LogP contribution < -0.4 is 0 Å². The van der Waals surface area contributed by atoms with Crippen LogP contribution in [0.25, 0.3) is 0 Å². The lowest BCUT2D eigenvalue weighted by Crippen LogP contribution is -2.52. The topological polar surface area (TPSA) is 102 Å². The van der Waals surface area contributed by atoms with E-state index in [1.807, 2.05) is 6.92 Å². The van der Waals surface area contributed by atoms with Gasteiger partial charge in [-0.25, -0.2) is 9.59 Å². The number of carbonyl (C=O) groups excluding carboxylic acids is 2. The maximum Gasteiger partial charge on any atom is 0.351 e. The highest BCUT2D eigenvalue weighted by molar-refractivity contribution is 5.91. The maximum atomic E-state index is 12.4. The van der Waals surface area contributed by atoms with Gasteiger partial charge in [-0.05, 0) is 19.8 Å². The third-order valence-electron chi connectivity index (χ3n) is 3.57. The van der Waals surface area contributed by atoms with Crippen molar-refractivity contribution in [2.24, 2.45) is 5.92 Å². The smallest absolute Gasteiger partial charge is 0.351 e. The van der Waals surface area contributed by atoms with Gasteiger partial charge in [0.05, 0.1) is 6.61 Å². The van der Waals surface area contributed by atoms with E-state index in [0.717, 1.165) is 6.08 Å². The van der Waals surface area contributed by atoms with Gasteiger partial charge in [0.15, 0.2) is 0 Å². The molecule has 1 aliphatic rings. The van der Waals surface area contributed by atoms with E-state index < -0.39 is 29.4 Å². The van der Waals surface area contributed by atoms with Crippen LogP contribution in [0.5, 0.6) is 0 Å². The molecule has 1 heterocycles. The molecule has 3 atom stereocenters. The summed E-state index contributed by atoms with van der Waals surface area (Å²) < 4.78 is 15.2. The van der Waals surface area contributed by atoms with Crippen molar-refractivity contribution in [3.8, 4) is 0 Å². The van der Waals surface area contributed by atoms with Crippen LogP contribution in [0.2, 0.25) is 0 Å². The first kappa shape index (κ1) is 18.2. The number of hydrogen-bond acceptors (Lipinski definition) is 6. The molecule has 0 amide bonds. The van der Waals surface area contributed by atoms with Gasteiger partial charge >= 0.3 is 17.9 Å². The Hall–Kier alpha value is -1.89. The quantitative estimate of drug-likeness (QED) is 0.368. The van der Waals surface area contributed by atoms with Gasteiger partial charge in [-0.3, -0.25) is 4.79 Å². The number of unbranched alkanes of at least 4 members (excludes halogenated alkanes) is 1. The van der Waals surface area contributed by atoms with Gasteiger partial charge in [0, 0.05) is 6.08 Å². The van der Waals surface area contributed by atoms with E-state index in [9.17, 15) is 19.5 Å². The summed E-state index contributed by atoms with van der Waals surface area (Å²) in [6.45, 7) is 7.00. The fourth-order valence-corrected chi connectivity index (χ4v) is 1.99. The number of epoxide rings is 1. The molecule has 1 aliphatic heterocycles. The highest BCUT2D eigenvalue weighted by atomic mass is 16.6. The van der Waals surface area contributed by atoms with Crippen LogP contribution in [0.15, 0.2) is 12.7 Å². The van der Waals surface area contributed by atoms with Crippen LogP contribution in [0, 0.1) is 5.92 Å². The Kier molecular flexibility index (Phi) is 6.55. The van der Waals surface area contributed by atoms with Crippen molar-refractivity contribution in [1.29, 1.82) is 0 Å². The fraction of sp³-hybridized carbons (Fsp3) is 0.667. The fourth-order valence-electron chi connectivity index (χ4n) is 1.99. The van der Waals surface area contributed by atoms with E-state index in [1.165, 1.54) is 6.92 Å². The third kappa shape index (κ3) is 4.56. The van der Waals surface area contributed by atoms with Crippen LogP contribution in [0.3, 0.4) is 0 Å². The normalized spacial score (nSPS) is 20.4. The molecule has 7 nitrogen and oxygen atoms in total. The van der Waals surface area contributed by atoms with Crippen molar-refractivity contribution in [3.05, 3.63) is 12.7 Å². The molecule has 0 radical (unpaired) electrons. The van der Waals surface area contributed by atoms with Crippen molar-refractivity contribution in [3.63, 3.8) is 0 Å². The number of aliphatic carboxylic acids is 1. The van der Waals surface area contributed by atoms with Crippen molar-refractivity contribution in [1.82, 2.24) is 0 Å². The zero-order valence-corrected chi connectivity index (χ0v) is 12.9. The average molecular weight is 314 g/mol. The van der Waals surface area contributed by atoms with E-state index in [-0.39, 0.29) is 19.1 Å². The van der Waals surface area contributed by atoms with Crippen molar-refractivity contribution < 1.29 is 33.7 Å². The summed E-state index contributed by atoms with van der Waals surface area (Å²) in [6.07, 6.45) is 2.02. The lowest BCUT2D eigenvalue weighted by atomic mass is 9.83. The van der Waals surface area contributed by atoms with E-state index in [4.69, 9.17) is 14.2 Å². The zero-order chi connectivity index (χ0) is 16.8. The van der Waals surface area contributed by atoms with Crippen LogP contribution in [-0.4, -0.2) is 47.9 Å². The van der Waals surface area contributed by atoms with Crippen LogP contribution >= 0.6 is 0 Å². The Balaban J connectivity index is 3.02. The molecule has 7 heteroatoms. The molecule has 0 spiro atoms. The molecule has 3 unspecified atom stereocenters. The van der Waals surface area contributed by atoms with Crippen LogP contribution in [-0.2, 0) is 28.6 Å². The lowest BCUT2D eigenvalue weighted by molar-refractivity contribution is -0.192. The molecule has 0 aromatic heterocycles. The Morgan fingerprint density at radius 1 is 1.50 bits per heavy atom. The molecule has 0 aromatic carbocycles. The highest BCUT2D eigenvalue weighted by Crippen LogP contribution is 2.31. The number of rotatable bonds is 10. The minimum atomic E-state index is -1.86. The minimum absolute atomic E-state index is 0.0185. The molecular formula is C15H22O7. The molecule has 1 N–H and O–H groups in total. The monoisotopic (exact) mass is 314 g/mol. The summed E-state index contributed by atoms with van der Waals surface area (Å²) in [7, 11) is 0. The molecular weight excluding hydrogens is 292 g/mol. The summed E-state index contributed by atoms with van der Waals surface area (Å²) in [5.41, 5.74) is -1.86. The molecule has 1 rings (SSSR count). The summed E-state index contributed by atoms with van der Waals surface area (Å²) in [4.78, 5) is 35.4. The standard InChI is InChI=1S/C15H22O7/c1-4-6-7-15(10(3)13(17)18,22-12(16)5-2)14(19)21-9-11-8-20-11/h5,10-11H,2,4,6-9H2,1,3H3,(H,17,18). The van der Waals surface area contributed by atoms with Gasteiger partial charge < -0.3 is 19.3 Å². The number of carboxylic acid groups (broad SMARTS) is 1. The SMILES string of the molecule is C=CC(=O)OC(CCCC)(C(=O)OCC1CO1)C(C)C(=O)O. The number of carboxylic acids is 1. The van der Waals surface area contributed by atoms with Gasteiger partial charge in [-0.1, -0.05) is 19.9 Å². The Morgan fingerprint density at radius 2 is 2.14 bits per heavy atom. The van der Waals surface area contributed by atoms with Crippen LogP contribution in [0.4, 0.5) is 0 Å². The molecule has 124 valence electrons. The summed E-state index contributed by atoms with van der Waals surface area (Å²) >= 11 is 0. The van der Waals surface area contributed by atoms with Gasteiger partial charge in [-0.2, -0.15) is 0 Å². The second kappa shape index (κ2) is 7.93. The average Bonchev–Trinajstić information content (AvgIpc) is 3.32. The van der Waals surface area contributed by atoms with E-state index >= 15 is 0 Å². The first-order valence-electron chi connectivity index (χ1n) is 7.24. The number of ether oxygens (including phenoxy) is 3. The van der Waals surface area contributed by atoms with E-state index in [2.05, 4.69) is 6.58 Å². The lowest BCUT2D eigenvalue weighted by Gasteiger charge is -2.33. The first-order chi connectivity index (χ1) is 10.4. The van der Waals surface area contributed by atoms with E-state index in [0.29, 0.717) is 19.4 Å². The second-order valence-electron chi connectivity index (χ2n) is 5.23. The second-order valence-corrected chi connectivity index (χ2v) is 5.23. The van der Waals surface area contributed by atoms with Gasteiger partial charge in [-0.15, -0.1) is 0 Å². The largest absolute Gasteiger partial charge is 0.481 e. The number of hydrogen-bond donors (Lipinski definition) is 1. The molecule has 1 saturated heterocycles. The van der Waals surface area contributed by atoms with E-state index in [1.54, 1.807) is 0 Å². The summed E-state index contributed by atoms with van der Waals surface area (Å²) in [6, 6.07) is 0. The Bertz CT molecular complexity index is 441. The molecule has 0 aromatic rings. The third-order valence-corrected chi connectivity index (χ3v) is 3.57. The van der Waals surface area contributed by atoms with Crippen molar-refractivity contribution in [2.45, 2.75) is 44.8 Å². The van der Waals surface area contributed by atoms with Crippen molar-refractivity contribution in [2.75, 3.05) is 13.2 Å². The molecule has 1 fully saturated rings. The number of esters is 2. The van der Waals surface area contributed by atoms with Gasteiger partial charge in [0.1, 0.15) is 18.6 Å². The molecule has 0 aliphatic carbocycles. The number of carbonyl (C=O) groups is 3. The molecule has 0 saturated carbocycles. The maximum absolute atomic E-state index is 12.4. The van der Waals surface area contributed by atoms with Gasteiger partial charge in [0.25, 0.3) is 0 Å². The predicted molar refractivity (Wildman–Crippen MR) is 76.0 cm³/mol. The Labute approximate surface area is 129 Å². The van der Waals surface area contributed by atoms with Gasteiger partial charge in [0.2, 0.25) is 5.60 Å². The van der Waals surface area contributed by atoms with Crippen LogP contribution in [0.1, 0.15) is 33.1 Å². The summed E-state index contributed by atoms with van der Waals surface area (Å²) in [5.74, 6) is -4.20. The zero-order valence-electron chi connectivity index (χ0n) is 12.9. The predicted octanol–water partition coefficient (Wildman–Crippen LogP) is 1.31. The summed E-state index contributed by atoms with van der Waals surface area (Å²) in [5, 5.41) is 9.29. The van der Waals surface area contributed by atoms with Crippen molar-refractivity contribution >= 4 is 17.9 Å². The highest BCUT2D eigenvalue weighted by Gasteiger charge is 2.51. The Morgan fingerprint density at radius 3 is 2.59 bits per heavy atom. The minimum Gasteiger partial charge on any atom is -0.481 e. The first-order valence-corrected chi connectivity index (χ1v) is 7.24. The molecule has 22 heavy (non-hydrogen) atoms. The molecule has 0 bridgehead atoms.